The summed E-state index contributed by atoms with van der Waals surface area (Å²) in [4.78, 5) is 14.1. The zero-order valence-corrected chi connectivity index (χ0v) is 12.5. The maximum atomic E-state index is 12.4. The van der Waals surface area contributed by atoms with Gasteiger partial charge in [0.25, 0.3) is 5.91 Å². The lowest BCUT2D eigenvalue weighted by Gasteiger charge is -2.16. The molecule has 3 aromatic rings. The van der Waals surface area contributed by atoms with Crippen molar-refractivity contribution in [3.05, 3.63) is 48.1 Å². The molecule has 3 heterocycles. The summed E-state index contributed by atoms with van der Waals surface area (Å²) in [5.41, 5.74) is 2.02. The Balaban J connectivity index is 1.73. The quantitative estimate of drug-likeness (QED) is 0.783. The van der Waals surface area contributed by atoms with E-state index < -0.39 is 0 Å². The van der Waals surface area contributed by atoms with Crippen molar-refractivity contribution in [2.45, 2.75) is 20.0 Å². The van der Waals surface area contributed by atoms with Gasteiger partial charge in [0.1, 0.15) is 5.69 Å². The van der Waals surface area contributed by atoms with E-state index in [0.29, 0.717) is 23.7 Å². The maximum absolute atomic E-state index is 12.4. The Hall–Kier alpha value is -2.83. The number of carbonyl (C=O) groups is 1. The molecule has 22 heavy (non-hydrogen) atoms. The molecule has 0 aliphatic heterocycles. The van der Waals surface area contributed by atoms with E-state index in [1.807, 2.05) is 23.7 Å². The van der Waals surface area contributed by atoms with Gasteiger partial charge in [-0.05, 0) is 25.1 Å². The normalized spacial score (nSPS) is 10.8. The minimum absolute atomic E-state index is 0.155. The Bertz CT molecular complexity index is 757. The van der Waals surface area contributed by atoms with E-state index in [4.69, 9.17) is 4.42 Å². The molecule has 114 valence electrons. The average molecular weight is 299 g/mol. The minimum Gasteiger partial charge on any atom is -0.463 e. The molecule has 0 saturated heterocycles. The fraction of sp³-hybridized carbons (Fsp3) is 0.267. The molecule has 0 spiro atoms. The van der Waals surface area contributed by atoms with Crippen molar-refractivity contribution in [1.82, 2.24) is 24.9 Å². The molecule has 0 aromatic carbocycles. The highest BCUT2D eigenvalue weighted by molar-refractivity contribution is 5.93. The van der Waals surface area contributed by atoms with E-state index in [9.17, 15) is 4.79 Å². The first-order valence-corrected chi connectivity index (χ1v) is 7.04. The Kier molecular flexibility index (Phi) is 3.78. The van der Waals surface area contributed by atoms with Crippen LogP contribution in [0.1, 0.15) is 23.1 Å². The topological polar surface area (TPSA) is 80.0 Å². The van der Waals surface area contributed by atoms with Gasteiger partial charge in [-0.15, -0.1) is 0 Å². The molecule has 0 radical (unpaired) electrons. The van der Waals surface area contributed by atoms with Gasteiger partial charge in [-0.3, -0.25) is 14.6 Å². The van der Waals surface area contributed by atoms with Crippen LogP contribution >= 0.6 is 0 Å². The zero-order valence-electron chi connectivity index (χ0n) is 12.5. The number of aromatic nitrogens is 4. The fourth-order valence-electron chi connectivity index (χ4n) is 2.28. The number of hydrogen-bond acceptors (Lipinski definition) is 4. The molecule has 0 bridgehead atoms. The van der Waals surface area contributed by atoms with Crippen LogP contribution in [0, 0.1) is 0 Å². The zero-order chi connectivity index (χ0) is 15.5. The van der Waals surface area contributed by atoms with Crippen LogP contribution in [0.5, 0.6) is 0 Å². The number of amides is 1. The van der Waals surface area contributed by atoms with Gasteiger partial charge in [0.2, 0.25) is 0 Å². The van der Waals surface area contributed by atoms with E-state index >= 15 is 0 Å². The second-order valence-corrected chi connectivity index (χ2v) is 4.94. The van der Waals surface area contributed by atoms with Crippen LogP contribution < -0.4 is 0 Å². The number of aromatic amines is 1. The highest BCUT2D eigenvalue weighted by Crippen LogP contribution is 2.18. The van der Waals surface area contributed by atoms with Crippen LogP contribution in [0.2, 0.25) is 0 Å². The number of nitrogens with zero attached hydrogens (tertiary/aromatic N) is 4. The van der Waals surface area contributed by atoms with Gasteiger partial charge in [0, 0.05) is 25.9 Å². The van der Waals surface area contributed by atoms with E-state index in [0.717, 1.165) is 12.2 Å². The van der Waals surface area contributed by atoms with Gasteiger partial charge >= 0.3 is 0 Å². The lowest BCUT2D eigenvalue weighted by Crippen LogP contribution is -2.27. The number of hydrogen-bond donors (Lipinski definition) is 1. The van der Waals surface area contributed by atoms with Crippen LogP contribution in [-0.4, -0.2) is 37.8 Å². The highest BCUT2D eigenvalue weighted by atomic mass is 16.3. The summed E-state index contributed by atoms with van der Waals surface area (Å²) >= 11 is 0. The van der Waals surface area contributed by atoms with Gasteiger partial charge < -0.3 is 9.32 Å². The van der Waals surface area contributed by atoms with Crippen molar-refractivity contribution < 1.29 is 9.21 Å². The summed E-state index contributed by atoms with van der Waals surface area (Å²) in [5.74, 6) is 0.496. The summed E-state index contributed by atoms with van der Waals surface area (Å²) in [6.45, 7) is 3.27. The van der Waals surface area contributed by atoms with Gasteiger partial charge in [-0.1, -0.05) is 0 Å². The van der Waals surface area contributed by atoms with E-state index in [1.165, 1.54) is 0 Å². The molecule has 3 rings (SSSR count). The first-order chi connectivity index (χ1) is 10.7. The highest BCUT2D eigenvalue weighted by Gasteiger charge is 2.18. The van der Waals surface area contributed by atoms with Crippen molar-refractivity contribution in [2.24, 2.45) is 0 Å². The molecule has 7 heteroatoms. The second kappa shape index (κ2) is 5.88. The first kappa shape index (κ1) is 14.1. The first-order valence-electron chi connectivity index (χ1n) is 7.04. The molecule has 3 aromatic heterocycles. The molecule has 7 nitrogen and oxygen atoms in total. The summed E-state index contributed by atoms with van der Waals surface area (Å²) in [6.07, 6.45) is 3.32. The smallest absolute Gasteiger partial charge is 0.274 e. The van der Waals surface area contributed by atoms with Gasteiger partial charge in [-0.2, -0.15) is 10.2 Å². The molecule has 0 atom stereocenters. The summed E-state index contributed by atoms with van der Waals surface area (Å²) in [5, 5.41) is 11.1. The largest absolute Gasteiger partial charge is 0.463 e. The third-order valence-corrected chi connectivity index (χ3v) is 3.43. The summed E-state index contributed by atoms with van der Waals surface area (Å²) in [7, 11) is 1.75. The van der Waals surface area contributed by atoms with Crippen molar-refractivity contribution in [2.75, 3.05) is 7.05 Å². The SMILES string of the molecule is CCn1nccc1CN(C)C(=O)c1cc(-c2ccco2)[nH]n1. The van der Waals surface area contributed by atoms with Crippen molar-refractivity contribution >= 4 is 5.91 Å². The predicted octanol–water partition coefficient (Wildman–Crippen LogP) is 2.16. The molecule has 0 saturated carbocycles. The Morgan fingerprint density at radius 3 is 3.05 bits per heavy atom. The number of H-pyrrole nitrogens is 1. The standard InChI is InChI=1S/C15H17N5O2/c1-3-20-11(6-7-16-20)10-19(2)15(21)13-9-12(17-18-13)14-5-4-8-22-14/h4-9H,3,10H2,1-2H3,(H,17,18). The number of carbonyl (C=O) groups excluding carboxylic acids is 1. The monoisotopic (exact) mass is 299 g/mol. The van der Waals surface area contributed by atoms with E-state index in [-0.39, 0.29) is 5.91 Å². The Morgan fingerprint density at radius 2 is 2.32 bits per heavy atom. The average Bonchev–Trinajstić information content (AvgIpc) is 3.26. The van der Waals surface area contributed by atoms with Gasteiger partial charge in [0.05, 0.1) is 18.5 Å². The molecule has 0 unspecified atom stereocenters. The molecule has 0 aliphatic rings. The minimum atomic E-state index is -0.155. The van der Waals surface area contributed by atoms with Gasteiger partial charge in [0.15, 0.2) is 11.5 Å². The number of furan rings is 1. The third-order valence-electron chi connectivity index (χ3n) is 3.43. The van der Waals surface area contributed by atoms with Gasteiger partial charge in [-0.25, -0.2) is 0 Å². The maximum Gasteiger partial charge on any atom is 0.274 e. The van der Waals surface area contributed by atoms with Crippen molar-refractivity contribution in [1.29, 1.82) is 0 Å². The number of aryl methyl sites for hydroxylation is 1. The lowest BCUT2D eigenvalue weighted by atomic mass is 10.2. The second-order valence-electron chi connectivity index (χ2n) is 4.94. The summed E-state index contributed by atoms with van der Waals surface area (Å²) in [6, 6.07) is 7.20. The molecular formula is C15H17N5O2. The Labute approximate surface area is 127 Å². The van der Waals surface area contributed by atoms with Crippen LogP contribution in [0.15, 0.2) is 41.1 Å². The van der Waals surface area contributed by atoms with Crippen LogP contribution in [0.3, 0.4) is 0 Å². The van der Waals surface area contributed by atoms with Crippen molar-refractivity contribution in [3.63, 3.8) is 0 Å². The molecular weight excluding hydrogens is 282 g/mol. The lowest BCUT2D eigenvalue weighted by molar-refractivity contribution is 0.0775. The number of rotatable bonds is 5. The van der Waals surface area contributed by atoms with Crippen molar-refractivity contribution in [3.8, 4) is 11.5 Å². The predicted molar refractivity (Wildman–Crippen MR) is 80.0 cm³/mol. The molecule has 1 amide bonds. The van der Waals surface area contributed by atoms with E-state index in [2.05, 4.69) is 15.3 Å². The van der Waals surface area contributed by atoms with E-state index in [1.54, 1.807) is 36.5 Å². The molecule has 0 fully saturated rings. The molecule has 0 aliphatic carbocycles. The Morgan fingerprint density at radius 1 is 1.45 bits per heavy atom. The third kappa shape index (κ3) is 2.65. The summed E-state index contributed by atoms with van der Waals surface area (Å²) < 4.78 is 7.14. The van der Waals surface area contributed by atoms with Crippen LogP contribution in [0.4, 0.5) is 0 Å². The fourth-order valence-corrected chi connectivity index (χ4v) is 2.28. The molecule has 1 N–H and O–H groups in total. The number of nitrogens with one attached hydrogen (secondary N) is 1. The van der Waals surface area contributed by atoms with Crippen LogP contribution in [-0.2, 0) is 13.1 Å². The van der Waals surface area contributed by atoms with Crippen LogP contribution in [0.25, 0.3) is 11.5 Å².